The first-order valence-electron chi connectivity index (χ1n) is 13.5. The molecular weight excluding hydrogens is 480 g/mol. The predicted octanol–water partition coefficient (Wildman–Crippen LogP) is 7.88. The predicted molar refractivity (Wildman–Crippen MR) is 156 cm³/mol. The molecule has 1 N–H and O–H groups in total. The van der Waals surface area contributed by atoms with Crippen LogP contribution >= 0.6 is 0 Å². The molecule has 0 saturated heterocycles. The van der Waals surface area contributed by atoms with E-state index in [0.717, 1.165) is 56.6 Å². The van der Waals surface area contributed by atoms with E-state index in [1.165, 1.54) is 5.56 Å². The maximum absolute atomic E-state index is 13.9. The summed E-state index contributed by atoms with van der Waals surface area (Å²) >= 11 is 0. The minimum absolute atomic E-state index is 0.157. The fourth-order valence-corrected chi connectivity index (χ4v) is 6.04. The fourth-order valence-electron chi connectivity index (χ4n) is 6.04. The van der Waals surface area contributed by atoms with Gasteiger partial charge in [-0.1, -0.05) is 78.9 Å². The number of nitrogens with zero attached hydrogens (tertiary/aromatic N) is 1. The monoisotopic (exact) mass is 508 g/mol. The highest BCUT2D eigenvalue weighted by Gasteiger charge is 2.38. The number of fused-ring (bicyclic) bond motifs is 4. The van der Waals surface area contributed by atoms with Crippen molar-refractivity contribution in [3.63, 3.8) is 0 Å². The third-order valence-corrected chi connectivity index (χ3v) is 7.92. The van der Waals surface area contributed by atoms with E-state index >= 15 is 0 Å². The largest absolute Gasteiger partial charge is 0.489 e. The van der Waals surface area contributed by atoms with Crippen molar-refractivity contribution in [2.45, 2.75) is 31.4 Å². The molecule has 0 fully saturated rings. The summed E-state index contributed by atoms with van der Waals surface area (Å²) in [6, 6.07) is 36.8. The maximum atomic E-state index is 13.9. The van der Waals surface area contributed by atoms with Gasteiger partial charge in [-0.15, -0.1) is 0 Å². The van der Waals surface area contributed by atoms with Crippen LogP contribution in [0.25, 0.3) is 16.5 Å². The lowest BCUT2D eigenvalue weighted by molar-refractivity contribution is -0.116. The second-order valence-corrected chi connectivity index (χ2v) is 10.3. The van der Waals surface area contributed by atoms with Gasteiger partial charge < -0.3 is 10.1 Å². The molecule has 2 heterocycles. The SMILES string of the molecule is O=C1C[C@@H](c2ccccc2)CC2=C1[C@H](c1ccc(OCc3ccccc3)cc1)Nc1ccc3ncccc3c12. The highest BCUT2D eigenvalue weighted by atomic mass is 16.5. The Balaban J connectivity index is 1.28. The molecule has 0 bridgehead atoms. The van der Waals surface area contributed by atoms with Crippen molar-refractivity contribution >= 4 is 27.9 Å². The Hall–Kier alpha value is -4.70. The molecule has 4 nitrogen and oxygen atoms in total. The number of ketones is 1. The average molecular weight is 509 g/mol. The number of benzene rings is 4. The Labute approximate surface area is 228 Å². The lowest BCUT2D eigenvalue weighted by Gasteiger charge is -2.37. The average Bonchev–Trinajstić information content (AvgIpc) is 3.00. The molecule has 7 rings (SSSR count). The van der Waals surface area contributed by atoms with Crippen LogP contribution in [0.5, 0.6) is 5.75 Å². The van der Waals surface area contributed by atoms with E-state index < -0.39 is 0 Å². The molecular formula is C35H28N2O2. The standard InChI is InChI=1S/C35H28N2O2/c38-32-21-26(24-10-5-2-6-11-24)20-29-33-28-12-7-19-36-30(28)17-18-31(33)37-35(34(29)32)25-13-15-27(16-14-25)39-22-23-8-3-1-4-9-23/h1-19,26,35,37H,20-22H2/t26-,35-/m0/s1. The number of pyridine rings is 1. The number of hydrogen-bond donors (Lipinski definition) is 1. The summed E-state index contributed by atoms with van der Waals surface area (Å²) in [5, 5.41) is 4.80. The van der Waals surface area contributed by atoms with Crippen LogP contribution in [0.15, 0.2) is 121 Å². The summed E-state index contributed by atoms with van der Waals surface area (Å²) in [7, 11) is 0. The quantitative estimate of drug-likeness (QED) is 0.262. The highest BCUT2D eigenvalue weighted by Crippen LogP contribution is 2.50. The number of Topliss-reactive ketones (excluding diaryl/α,β-unsaturated/α-hetero) is 1. The van der Waals surface area contributed by atoms with E-state index in [9.17, 15) is 4.79 Å². The number of hydrogen-bond acceptors (Lipinski definition) is 4. The normalized spacial score (nSPS) is 18.3. The molecule has 0 radical (unpaired) electrons. The highest BCUT2D eigenvalue weighted by molar-refractivity contribution is 6.12. The molecule has 4 aromatic carbocycles. The van der Waals surface area contributed by atoms with E-state index in [4.69, 9.17) is 4.74 Å². The zero-order chi connectivity index (χ0) is 26.2. The van der Waals surface area contributed by atoms with E-state index in [2.05, 4.69) is 77.0 Å². The molecule has 2 atom stereocenters. The second-order valence-electron chi connectivity index (χ2n) is 10.3. The number of allylic oxidation sites excluding steroid dienone is 1. The van der Waals surface area contributed by atoms with Gasteiger partial charge in [-0.25, -0.2) is 0 Å². The van der Waals surface area contributed by atoms with Crippen LogP contribution in [-0.4, -0.2) is 10.8 Å². The molecule has 5 aromatic rings. The van der Waals surface area contributed by atoms with Gasteiger partial charge in [0.05, 0.1) is 11.6 Å². The van der Waals surface area contributed by atoms with E-state index in [-0.39, 0.29) is 17.7 Å². The molecule has 4 heteroatoms. The lowest BCUT2D eigenvalue weighted by atomic mass is 9.72. The number of aromatic nitrogens is 1. The first-order chi connectivity index (χ1) is 19.2. The topological polar surface area (TPSA) is 51.2 Å². The molecule has 1 aliphatic carbocycles. The number of rotatable bonds is 5. The van der Waals surface area contributed by atoms with Crippen LogP contribution in [0.3, 0.4) is 0 Å². The minimum Gasteiger partial charge on any atom is -0.489 e. The lowest BCUT2D eigenvalue weighted by Crippen LogP contribution is -2.29. The van der Waals surface area contributed by atoms with Gasteiger partial charge in [0.1, 0.15) is 12.4 Å². The number of anilines is 1. The van der Waals surface area contributed by atoms with Crippen LogP contribution in [0.1, 0.15) is 47.1 Å². The fraction of sp³-hybridized carbons (Fsp3) is 0.143. The third-order valence-electron chi connectivity index (χ3n) is 7.92. The van der Waals surface area contributed by atoms with Crippen molar-refractivity contribution in [1.29, 1.82) is 0 Å². The molecule has 2 aliphatic rings. The van der Waals surface area contributed by atoms with Gasteiger partial charge in [0.15, 0.2) is 5.78 Å². The Morgan fingerprint density at radius 1 is 0.769 bits per heavy atom. The van der Waals surface area contributed by atoms with Crippen LogP contribution in [0.2, 0.25) is 0 Å². The van der Waals surface area contributed by atoms with Crippen LogP contribution in [0, 0.1) is 0 Å². The van der Waals surface area contributed by atoms with Gasteiger partial charge in [0, 0.05) is 34.8 Å². The molecule has 190 valence electrons. The van der Waals surface area contributed by atoms with Crippen molar-refractivity contribution in [2.75, 3.05) is 5.32 Å². The van der Waals surface area contributed by atoms with Crippen molar-refractivity contribution in [3.8, 4) is 5.75 Å². The Morgan fingerprint density at radius 3 is 2.33 bits per heavy atom. The number of carbonyl (C=O) groups is 1. The Kier molecular flexibility index (Phi) is 5.93. The Morgan fingerprint density at radius 2 is 1.54 bits per heavy atom. The third kappa shape index (κ3) is 4.38. The smallest absolute Gasteiger partial charge is 0.162 e. The first-order valence-corrected chi connectivity index (χ1v) is 13.5. The van der Waals surface area contributed by atoms with Crippen LogP contribution in [0.4, 0.5) is 5.69 Å². The molecule has 39 heavy (non-hydrogen) atoms. The summed E-state index contributed by atoms with van der Waals surface area (Å²) in [5.41, 5.74) is 8.52. The summed E-state index contributed by atoms with van der Waals surface area (Å²) in [6.45, 7) is 0.519. The van der Waals surface area contributed by atoms with Crippen molar-refractivity contribution in [2.24, 2.45) is 0 Å². The van der Waals surface area contributed by atoms with Gasteiger partial charge >= 0.3 is 0 Å². The zero-order valence-electron chi connectivity index (χ0n) is 21.5. The summed E-state index contributed by atoms with van der Waals surface area (Å²) < 4.78 is 6.02. The van der Waals surface area contributed by atoms with E-state index in [0.29, 0.717) is 13.0 Å². The number of carbonyl (C=O) groups excluding carboxylic acids is 1. The maximum Gasteiger partial charge on any atom is 0.162 e. The van der Waals surface area contributed by atoms with Gasteiger partial charge in [-0.05, 0) is 64.9 Å². The van der Waals surface area contributed by atoms with Gasteiger partial charge in [-0.2, -0.15) is 0 Å². The molecule has 0 unspecified atom stereocenters. The first kappa shape index (κ1) is 23.4. The summed E-state index contributed by atoms with van der Waals surface area (Å²) in [5.74, 6) is 1.17. The van der Waals surface area contributed by atoms with Gasteiger partial charge in [0.2, 0.25) is 0 Å². The van der Waals surface area contributed by atoms with Crippen LogP contribution in [-0.2, 0) is 11.4 Å². The zero-order valence-corrected chi connectivity index (χ0v) is 21.5. The van der Waals surface area contributed by atoms with Crippen LogP contribution < -0.4 is 10.1 Å². The van der Waals surface area contributed by atoms with Gasteiger partial charge in [-0.3, -0.25) is 9.78 Å². The molecule has 0 spiro atoms. The molecule has 0 saturated carbocycles. The molecule has 1 aliphatic heterocycles. The van der Waals surface area contributed by atoms with Gasteiger partial charge in [0.25, 0.3) is 0 Å². The second kappa shape index (κ2) is 9.88. The van der Waals surface area contributed by atoms with E-state index in [1.54, 1.807) is 0 Å². The number of ether oxygens (including phenoxy) is 1. The Bertz CT molecular complexity index is 1690. The summed E-state index contributed by atoms with van der Waals surface area (Å²) in [4.78, 5) is 18.5. The van der Waals surface area contributed by atoms with E-state index in [1.807, 2.05) is 48.7 Å². The van der Waals surface area contributed by atoms with Crippen molar-refractivity contribution in [3.05, 3.63) is 143 Å². The molecule has 1 aromatic heterocycles. The summed E-state index contributed by atoms with van der Waals surface area (Å²) in [6.07, 6.45) is 3.16. The minimum atomic E-state index is -0.214. The van der Waals surface area contributed by atoms with Crippen molar-refractivity contribution in [1.82, 2.24) is 4.98 Å². The molecule has 0 amide bonds. The number of nitrogens with one attached hydrogen (secondary N) is 1. The van der Waals surface area contributed by atoms with Crippen molar-refractivity contribution < 1.29 is 9.53 Å².